The molecule has 0 aliphatic rings. The van der Waals surface area contributed by atoms with Crippen LogP contribution in [0.25, 0.3) is 0 Å². The third kappa shape index (κ3) is 3.47. The summed E-state index contributed by atoms with van der Waals surface area (Å²) < 4.78 is 42.3. The average molecular weight is 266 g/mol. The standard InChI is InChI=1S/C10H7ClF3NO2/c1-6-2-3-7(15-5-16)8(4-6)17-10(13,14)9(11)12/h2-4,9H,1H3. The third-order valence-corrected chi connectivity index (χ3v) is 2.04. The van der Waals surface area contributed by atoms with E-state index in [1.54, 1.807) is 6.92 Å². The maximum absolute atomic E-state index is 12.9. The number of ether oxygens (including phenoxy) is 1. The molecule has 0 aliphatic carbocycles. The second-order valence-electron chi connectivity index (χ2n) is 3.14. The van der Waals surface area contributed by atoms with Gasteiger partial charge >= 0.3 is 6.11 Å². The van der Waals surface area contributed by atoms with E-state index >= 15 is 0 Å². The van der Waals surface area contributed by atoms with Crippen LogP contribution in [0.3, 0.4) is 0 Å². The van der Waals surface area contributed by atoms with E-state index in [2.05, 4.69) is 21.3 Å². The molecule has 0 bridgehead atoms. The first-order valence-electron chi connectivity index (χ1n) is 4.40. The first-order chi connectivity index (χ1) is 7.86. The molecule has 1 rings (SSSR count). The van der Waals surface area contributed by atoms with Crippen molar-refractivity contribution in [2.45, 2.75) is 18.7 Å². The molecular formula is C10H7ClF3NO2. The molecule has 1 unspecified atom stereocenters. The lowest BCUT2D eigenvalue weighted by atomic mass is 10.2. The number of nitrogens with zero attached hydrogens (tertiary/aromatic N) is 1. The van der Waals surface area contributed by atoms with Gasteiger partial charge in [0.15, 0.2) is 5.75 Å². The Labute approximate surface area is 99.9 Å². The van der Waals surface area contributed by atoms with E-state index in [4.69, 9.17) is 0 Å². The molecule has 0 aliphatic heterocycles. The van der Waals surface area contributed by atoms with Crippen molar-refractivity contribution in [3.63, 3.8) is 0 Å². The van der Waals surface area contributed by atoms with Crippen molar-refractivity contribution in [2.24, 2.45) is 4.99 Å². The Morgan fingerprint density at radius 1 is 1.53 bits per heavy atom. The highest BCUT2D eigenvalue weighted by Crippen LogP contribution is 2.35. The number of hydrogen-bond acceptors (Lipinski definition) is 3. The first-order valence-corrected chi connectivity index (χ1v) is 4.84. The van der Waals surface area contributed by atoms with E-state index in [9.17, 15) is 18.0 Å². The van der Waals surface area contributed by atoms with Crippen LogP contribution < -0.4 is 4.74 Å². The van der Waals surface area contributed by atoms with E-state index in [0.29, 0.717) is 5.56 Å². The van der Waals surface area contributed by atoms with Gasteiger partial charge in [0.1, 0.15) is 5.69 Å². The van der Waals surface area contributed by atoms with Gasteiger partial charge in [-0.05, 0) is 24.6 Å². The van der Waals surface area contributed by atoms with Gasteiger partial charge in [-0.15, -0.1) is 0 Å². The third-order valence-electron chi connectivity index (χ3n) is 1.78. The Kier molecular flexibility index (Phi) is 4.15. The van der Waals surface area contributed by atoms with Crippen molar-refractivity contribution < 1.29 is 22.7 Å². The molecule has 3 nitrogen and oxygen atoms in total. The molecule has 0 radical (unpaired) electrons. The normalized spacial score (nSPS) is 12.8. The molecule has 92 valence electrons. The van der Waals surface area contributed by atoms with Crippen molar-refractivity contribution in [1.82, 2.24) is 0 Å². The number of aryl methyl sites for hydroxylation is 1. The minimum Gasteiger partial charge on any atom is -0.427 e. The number of isocyanates is 1. The van der Waals surface area contributed by atoms with Gasteiger partial charge in [-0.1, -0.05) is 17.7 Å². The number of aliphatic imine (C=N–C) groups is 1. The van der Waals surface area contributed by atoms with Gasteiger partial charge in [-0.2, -0.15) is 13.8 Å². The van der Waals surface area contributed by atoms with Crippen molar-refractivity contribution in [3.05, 3.63) is 23.8 Å². The Balaban J connectivity index is 3.12. The van der Waals surface area contributed by atoms with Gasteiger partial charge in [0, 0.05) is 0 Å². The quantitative estimate of drug-likeness (QED) is 0.475. The largest absolute Gasteiger partial charge is 0.444 e. The molecule has 0 fully saturated rings. The van der Waals surface area contributed by atoms with Crippen LogP contribution in [0.15, 0.2) is 23.2 Å². The molecule has 0 spiro atoms. The van der Waals surface area contributed by atoms with E-state index in [1.165, 1.54) is 24.3 Å². The highest BCUT2D eigenvalue weighted by molar-refractivity contribution is 6.20. The Bertz CT molecular complexity index is 459. The molecule has 17 heavy (non-hydrogen) atoms. The van der Waals surface area contributed by atoms with E-state index in [-0.39, 0.29) is 5.69 Å². The van der Waals surface area contributed by atoms with Gasteiger partial charge in [0.2, 0.25) is 6.08 Å². The minimum absolute atomic E-state index is 0.178. The predicted molar refractivity (Wildman–Crippen MR) is 55.3 cm³/mol. The van der Waals surface area contributed by atoms with Crippen LogP contribution >= 0.6 is 11.6 Å². The summed E-state index contributed by atoms with van der Waals surface area (Å²) in [6, 6.07) is 3.98. The lowest BCUT2D eigenvalue weighted by molar-refractivity contribution is -0.198. The molecule has 1 atom stereocenters. The van der Waals surface area contributed by atoms with Gasteiger partial charge in [0.25, 0.3) is 5.63 Å². The number of rotatable bonds is 4. The van der Waals surface area contributed by atoms with Crippen LogP contribution in [0.5, 0.6) is 5.75 Å². The van der Waals surface area contributed by atoms with Crippen LogP contribution in [-0.2, 0) is 4.79 Å². The second kappa shape index (κ2) is 5.21. The maximum atomic E-state index is 12.9. The lowest BCUT2D eigenvalue weighted by Gasteiger charge is -2.18. The van der Waals surface area contributed by atoms with Gasteiger partial charge < -0.3 is 4.74 Å². The fraction of sp³-hybridized carbons (Fsp3) is 0.300. The molecule has 1 aromatic rings. The fourth-order valence-corrected chi connectivity index (χ4v) is 1.08. The van der Waals surface area contributed by atoms with E-state index in [0.717, 1.165) is 0 Å². The summed E-state index contributed by atoms with van der Waals surface area (Å²) >= 11 is 4.64. The number of alkyl halides is 4. The summed E-state index contributed by atoms with van der Waals surface area (Å²) in [4.78, 5) is 13.2. The van der Waals surface area contributed by atoms with E-state index in [1.807, 2.05) is 0 Å². The molecule has 0 aromatic heterocycles. The Hall–Kier alpha value is -1.52. The smallest absolute Gasteiger partial charge is 0.427 e. The first kappa shape index (κ1) is 13.5. The molecule has 7 heteroatoms. The van der Waals surface area contributed by atoms with Crippen molar-refractivity contribution in [2.75, 3.05) is 0 Å². The zero-order valence-corrected chi connectivity index (χ0v) is 9.34. The molecule has 0 saturated carbocycles. The van der Waals surface area contributed by atoms with E-state index < -0.39 is 17.5 Å². The predicted octanol–water partition coefficient (Wildman–Crippen LogP) is 3.47. The maximum Gasteiger partial charge on any atom is 0.444 e. The average Bonchev–Trinajstić information content (AvgIpc) is 2.21. The van der Waals surface area contributed by atoms with Crippen LogP contribution in [0.1, 0.15) is 5.56 Å². The fourth-order valence-electron chi connectivity index (χ4n) is 1.04. The van der Waals surface area contributed by atoms with Crippen LogP contribution in [-0.4, -0.2) is 17.8 Å². The Morgan fingerprint density at radius 2 is 2.18 bits per heavy atom. The SMILES string of the molecule is Cc1ccc(N=C=O)c(OC(F)(F)C(F)Cl)c1. The molecule has 0 N–H and O–H groups in total. The number of benzene rings is 1. The minimum atomic E-state index is -4.21. The summed E-state index contributed by atoms with van der Waals surface area (Å²) in [6.07, 6.45) is -3.02. The van der Waals surface area contributed by atoms with Crippen molar-refractivity contribution in [3.8, 4) is 5.75 Å². The van der Waals surface area contributed by atoms with Crippen molar-refractivity contribution in [1.29, 1.82) is 0 Å². The zero-order chi connectivity index (χ0) is 13.1. The molecule has 0 saturated heterocycles. The van der Waals surface area contributed by atoms with Gasteiger partial charge in [0.05, 0.1) is 0 Å². The highest BCUT2D eigenvalue weighted by atomic mass is 35.5. The van der Waals surface area contributed by atoms with Crippen molar-refractivity contribution >= 4 is 23.4 Å². The number of hydrogen-bond donors (Lipinski definition) is 0. The molecule has 0 heterocycles. The molecule has 0 amide bonds. The summed E-state index contributed by atoms with van der Waals surface area (Å²) in [5, 5.41) is 0. The number of carbonyl (C=O) groups excluding carboxylic acids is 1. The summed E-state index contributed by atoms with van der Waals surface area (Å²) in [7, 11) is 0. The monoisotopic (exact) mass is 265 g/mol. The number of halogens is 4. The van der Waals surface area contributed by atoms with Gasteiger partial charge in [-0.3, -0.25) is 0 Å². The molecule has 1 aromatic carbocycles. The topological polar surface area (TPSA) is 38.7 Å². The summed E-state index contributed by atoms with van der Waals surface area (Å²) in [5.41, 5.74) is -2.61. The van der Waals surface area contributed by atoms with Gasteiger partial charge in [-0.25, -0.2) is 9.18 Å². The lowest BCUT2D eigenvalue weighted by Crippen LogP contribution is -2.32. The highest BCUT2D eigenvalue weighted by Gasteiger charge is 2.42. The summed E-state index contributed by atoms with van der Waals surface area (Å²) in [6.45, 7) is 1.60. The summed E-state index contributed by atoms with van der Waals surface area (Å²) in [5.74, 6) is -0.443. The Morgan fingerprint density at radius 3 is 2.71 bits per heavy atom. The van der Waals surface area contributed by atoms with Crippen LogP contribution in [0.4, 0.5) is 18.9 Å². The van der Waals surface area contributed by atoms with Crippen LogP contribution in [0, 0.1) is 6.92 Å². The van der Waals surface area contributed by atoms with Crippen LogP contribution in [0.2, 0.25) is 0 Å². The second-order valence-corrected chi connectivity index (χ2v) is 3.52. The zero-order valence-electron chi connectivity index (χ0n) is 8.58. The molecular weight excluding hydrogens is 259 g/mol.